The molecule has 0 aliphatic carbocycles. The summed E-state index contributed by atoms with van der Waals surface area (Å²) in [6.07, 6.45) is -1.26. The molecule has 3 aromatic rings. The molecule has 3 rings (SSSR count). The van der Waals surface area contributed by atoms with Gasteiger partial charge in [0, 0.05) is 25.7 Å². The fourth-order valence-corrected chi connectivity index (χ4v) is 3.62. The van der Waals surface area contributed by atoms with E-state index in [1.54, 1.807) is 30.3 Å². The number of carbonyl (C=O) groups is 2. The highest BCUT2D eigenvalue weighted by atomic mass is 32.1. The van der Waals surface area contributed by atoms with Gasteiger partial charge in [-0.2, -0.15) is 0 Å². The minimum Gasteiger partial charge on any atom is -0.466 e. The lowest BCUT2D eigenvalue weighted by Gasteiger charge is -2.15. The summed E-state index contributed by atoms with van der Waals surface area (Å²) in [5.74, 6) is -0.734. The number of carbonyl (C=O) groups excluding carboxylic acids is 2. The summed E-state index contributed by atoms with van der Waals surface area (Å²) < 4.78 is 11.1. The monoisotopic (exact) mass is 328 g/mol. The van der Waals surface area contributed by atoms with E-state index in [9.17, 15) is 14.4 Å². The molecule has 0 aliphatic heterocycles. The average Bonchev–Trinajstić information content (AvgIpc) is 2.59. The van der Waals surface area contributed by atoms with Crippen LogP contribution in [0.15, 0.2) is 47.3 Å². The van der Waals surface area contributed by atoms with Crippen LogP contribution in [0.5, 0.6) is 0 Å². The average molecular weight is 328 g/mol. The molecule has 0 saturated heterocycles. The van der Waals surface area contributed by atoms with Crippen molar-refractivity contribution in [1.29, 1.82) is 0 Å². The number of benzene rings is 2. The van der Waals surface area contributed by atoms with E-state index in [0.717, 1.165) is 9.40 Å². The predicted molar refractivity (Wildman–Crippen MR) is 87.5 cm³/mol. The molecule has 1 unspecified atom stereocenters. The van der Waals surface area contributed by atoms with E-state index in [-0.39, 0.29) is 11.9 Å². The highest BCUT2D eigenvalue weighted by Gasteiger charge is 2.26. The van der Waals surface area contributed by atoms with Gasteiger partial charge in [-0.3, -0.25) is 9.59 Å². The van der Waals surface area contributed by atoms with Crippen molar-refractivity contribution in [2.75, 3.05) is 7.11 Å². The fourth-order valence-electron chi connectivity index (χ4n) is 2.51. The van der Waals surface area contributed by atoms with Crippen LogP contribution >= 0.6 is 11.3 Å². The largest absolute Gasteiger partial charge is 0.466 e. The van der Waals surface area contributed by atoms with Crippen molar-refractivity contribution in [2.45, 2.75) is 6.10 Å². The normalized spacial score (nSPS) is 12.0. The first-order chi connectivity index (χ1) is 11.2. The third-order valence-corrected chi connectivity index (χ3v) is 4.66. The van der Waals surface area contributed by atoms with Crippen LogP contribution in [0.1, 0.15) is 11.7 Å². The number of hydrogen-bond acceptors (Lipinski definition) is 6. The summed E-state index contributed by atoms with van der Waals surface area (Å²) in [5.41, 5.74) is 0.127. The second-order valence-corrected chi connectivity index (χ2v) is 5.87. The molecule has 1 aromatic heterocycles. The number of hydrogen-bond donors (Lipinski definition) is 0. The Kier molecular flexibility index (Phi) is 4.08. The highest BCUT2D eigenvalue weighted by Crippen LogP contribution is 2.30. The zero-order valence-corrected chi connectivity index (χ0v) is 13.0. The molecule has 0 aliphatic rings. The van der Waals surface area contributed by atoms with E-state index >= 15 is 0 Å². The van der Waals surface area contributed by atoms with Crippen molar-refractivity contribution in [3.63, 3.8) is 0 Å². The molecule has 0 N–H and O–H groups in total. The molecule has 1 atom stereocenters. The van der Waals surface area contributed by atoms with E-state index in [0.29, 0.717) is 16.3 Å². The molecule has 1 heterocycles. The molecule has 0 saturated carbocycles. The Bertz CT molecular complexity index is 960. The smallest absolute Gasteiger partial charge is 0.351 e. The van der Waals surface area contributed by atoms with Crippen LogP contribution in [0.2, 0.25) is 0 Å². The quantitative estimate of drug-likeness (QED) is 0.418. The Morgan fingerprint density at radius 1 is 1.13 bits per heavy atom. The minimum absolute atomic E-state index is 0.176. The highest BCUT2D eigenvalue weighted by molar-refractivity contribution is 7.24. The van der Waals surface area contributed by atoms with Gasteiger partial charge in [0.05, 0.1) is 7.11 Å². The lowest BCUT2D eigenvalue weighted by atomic mass is 10.0. The fraction of sp³-hybridized carbons (Fsp3) is 0.118. The molecule has 0 fully saturated rings. The van der Waals surface area contributed by atoms with Gasteiger partial charge in [-0.15, -0.1) is 11.3 Å². The zero-order chi connectivity index (χ0) is 16.4. The summed E-state index contributed by atoms with van der Waals surface area (Å²) in [5, 5.41) is 0.931. The summed E-state index contributed by atoms with van der Waals surface area (Å²) in [6, 6.07) is 12.4. The first-order valence-corrected chi connectivity index (χ1v) is 7.60. The summed E-state index contributed by atoms with van der Waals surface area (Å²) >= 11 is 1.44. The van der Waals surface area contributed by atoms with E-state index in [4.69, 9.17) is 4.74 Å². The van der Waals surface area contributed by atoms with Crippen LogP contribution in [0.4, 0.5) is 0 Å². The van der Waals surface area contributed by atoms with Gasteiger partial charge in [0.15, 0.2) is 5.43 Å². The predicted octanol–water partition coefficient (Wildman–Crippen LogP) is 2.80. The molecule has 0 radical (unpaired) electrons. The molecule has 23 heavy (non-hydrogen) atoms. The maximum Gasteiger partial charge on any atom is 0.351 e. The Morgan fingerprint density at radius 2 is 1.87 bits per heavy atom. The molecular formula is C17H12O5S. The van der Waals surface area contributed by atoms with Gasteiger partial charge < -0.3 is 9.47 Å². The van der Waals surface area contributed by atoms with Gasteiger partial charge in [-0.1, -0.05) is 24.3 Å². The maximum absolute atomic E-state index is 12.8. The number of ether oxygens (including phenoxy) is 2. The summed E-state index contributed by atoms with van der Waals surface area (Å²) in [7, 11) is 1.20. The Labute approximate surface area is 135 Å². The lowest BCUT2D eigenvalue weighted by molar-refractivity contribution is -0.159. The second kappa shape index (κ2) is 6.18. The van der Waals surface area contributed by atoms with Crippen molar-refractivity contribution in [3.05, 3.63) is 58.3 Å². The number of rotatable bonds is 4. The van der Waals surface area contributed by atoms with E-state index in [1.807, 2.05) is 12.1 Å². The van der Waals surface area contributed by atoms with Crippen molar-refractivity contribution >= 4 is 44.0 Å². The van der Waals surface area contributed by atoms with Crippen molar-refractivity contribution in [1.82, 2.24) is 0 Å². The molecule has 116 valence electrons. The minimum atomic E-state index is -1.26. The van der Waals surface area contributed by atoms with E-state index in [1.165, 1.54) is 18.4 Å². The first kappa shape index (κ1) is 15.2. The van der Waals surface area contributed by atoms with Gasteiger partial charge >= 0.3 is 5.97 Å². The third-order valence-electron chi connectivity index (χ3n) is 3.53. The molecule has 0 bridgehead atoms. The van der Waals surface area contributed by atoms with Crippen LogP contribution in [-0.2, 0) is 19.1 Å². The SMILES string of the molecule is COC(=O)C(OC=O)c1cccc2sc3ccccc3c(=O)c12. The van der Waals surface area contributed by atoms with Crippen LogP contribution in [0.25, 0.3) is 20.2 Å². The van der Waals surface area contributed by atoms with Crippen LogP contribution < -0.4 is 5.43 Å². The second-order valence-electron chi connectivity index (χ2n) is 4.78. The third kappa shape index (κ3) is 2.57. The van der Waals surface area contributed by atoms with Gasteiger partial charge in [-0.05, 0) is 18.2 Å². The topological polar surface area (TPSA) is 69.7 Å². The number of esters is 1. The van der Waals surface area contributed by atoms with Crippen molar-refractivity contribution in [3.8, 4) is 0 Å². The lowest BCUT2D eigenvalue weighted by Crippen LogP contribution is -2.19. The Hall–Kier alpha value is -2.73. The molecule has 0 spiro atoms. The maximum atomic E-state index is 12.8. The summed E-state index contributed by atoms with van der Waals surface area (Å²) in [4.78, 5) is 35.5. The first-order valence-electron chi connectivity index (χ1n) is 6.78. The molecular weight excluding hydrogens is 316 g/mol. The van der Waals surface area contributed by atoms with Crippen LogP contribution in [0.3, 0.4) is 0 Å². The van der Waals surface area contributed by atoms with Gasteiger partial charge in [0.1, 0.15) is 0 Å². The molecule has 6 heteroatoms. The van der Waals surface area contributed by atoms with Crippen molar-refractivity contribution < 1.29 is 19.1 Å². The van der Waals surface area contributed by atoms with Crippen LogP contribution in [0, 0.1) is 0 Å². The van der Waals surface area contributed by atoms with E-state index < -0.39 is 12.1 Å². The standard InChI is InChI=1S/C17H12O5S/c1-21-17(20)16(22-9-18)11-6-4-8-13-14(11)15(19)10-5-2-3-7-12(10)23-13/h2-9,16H,1H3. The van der Waals surface area contributed by atoms with Crippen molar-refractivity contribution in [2.24, 2.45) is 0 Å². The van der Waals surface area contributed by atoms with Gasteiger partial charge in [0.2, 0.25) is 6.10 Å². The Morgan fingerprint density at radius 3 is 2.61 bits per heavy atom. The van der Waals surface area contributed by atoms with Crippen LogP contribution in [-0.4, -0.2) is 19.6 Å². The Balaban J connectivity index is 2.37. The molecule has 0 amide bonds. The number of fused-ring (bicyclic) bond motifs is 2. The molecule has 5 nitrogen and oxygen atoms in total. The zero-order valence-electron chi connectivity index (χ0n) is 12.1. The van der Waals surface area contributed by atoms with Gasteiger partial charge in [-0.25, -0.2) is 4.79 Å². The number of methoxy groups -OCH3 is 1. The van der Waals surface area contributed by atoms with Gasteiger partial charge in [0.25, 0.3) is 6.47 Å². The molecule has 2 aromatic carbocycles. The van der Waals surface area contributed by atoms with E-state index in [2.05, 4.69) is 4.74 Å². The summed E-state index contributed by atoms with van der Waals surface area (Å²) in [6.45, 7) is 0.176.